The third-order valence-corrected chi connectivity index (χ3v) is 4.22. The minimum atomic E-state index is -0.0389. The number of nitrogens with zero attached hydrogens (tertiary/aromatic N) is 4. The second-order valence-electron chi connectivity index (χ2n) is 6.64. The fourth-order valence-corrected chi connectivity index (χ4v) is 2.92. The molecule has 1 amide bonds. The summed E-state index contributed by atoms with van der Waals surface area (Å²) < 4.78 is 0. The fraction of sp³-hybridized carbons (Fsp3) is 0.421. The molecule has 2 heterocycles. The Balaban J connectivity index is 1.52. The van der Waals surface area contributed by atoms with Gasteiger partial charge in [-0.05, 0) is 19.4 Å². The molecule has 0 atom stereocenters. The van der Waals surface area contributed by atoms with Crippen molar-refractivity contribution in [2.24, 2.45) is 0 Å². The Hall–Kier alpha value is -2.47. The van der Waals surface area contributed by atoms with Gasteiger partial charge in [-0.2, -0.15) is 0 Å². The number of piperazine rings is 1. The molecule has 25 heavy (non-hydrogen) atoms. The third kappa shape index (κ3) is 4.76. The van der Waals surface area contributed by atoms with Crippen LogP contribution in [0.15, 0.2) is 42.7 Å². The quantitative estimate of drug-likeness (QED) is 0.905. The molecule has 0 aliphatic carbocycles. The van der Waals surface area contributed by atoms with Gasteiger partial charge in [0.05, 0.1) is 12.4 Å². The van der Waals surface area contributed by atoms with Gasteiger partial charge in [-0.15, -0.1) is 0 Å². The molecule has 0 unspecified atom stereocenters. The number of aromatic nitrogens is 2. The van der Waals surface area contributed by atoms with Crippen molar-refractivity contribution >= 4 is 11.7 Å². The minimum Gasteiger partial charge on any atom is -0.367 e. The van der Waals surface area contributed by atoms with E-state index in [-0.39, 0.29) is 11.9 Å². The van der Waals surface area contributed by atoms with Gasteiger partial charge in [-0.1, -0.05) is 30.3 Å². The average Bonchev–Trinajstić information content (AvgIpc) is 2.63. The van der Waals surface area contributed by atoms with Crippen LogP contribution in [0.25, 0.3) is 0 Å². The van der Waals surface area contributed by atoms with E-state index in [2.05, 4.69) is 44.5 Å². The monoisotopic (exact) mass is 339 g/mol. The summed E-state index contributed by atoms with van der Waals surface area (Å²) in [6, 6.07) is 10.7. The largest absolute Gasteiger partial charge is 0.367 e. The van der Waals surface area contributed by atoms with Gasteiger partial charge in [0, 0.05) is 38.8 Å². The van der Waals surface area contributed by atoms with Crippen LogP contribution in [-0.2, 0) is 6.54 Å². The van der Waals surface area contributed by atoms with E-state index in [9.17, 15) is 4.79 Å². The summed E-state index contributed by atoms with van der Waals surface area (Å²) in [5.74, 6) is 0.655. The van der Waals surface area contributed by atoms with Crippen LogP contribution in [0.5, 0.6) is 0 Å². The molecule has 1 aliphatic heterocycles. The van der Waals surface area contributed by atoms with Crippen LogP contribution in [-0.4, -0.2) is 57.9 Å². The van der Waals surface area contributed by atoms with Crippen molar-refractivity contribution in [3.05, 3.63) is 54.0 Å². The summed E-state index contributed by atoms with van der Waals surface area (Å²) >= 11 is 0. The van der Waals surface area contributed by atoms with E-state index < -0.39 is 0 Å². The maximum Gasteiger partial charge on any atom is 0.274 e. The van der Waals surface area contributed by atoms with E-state index in [1.807, 2.05) is 24.8 Å². The van der Waals surface area contributed by atoms with Gasteiger partial charge in [0.2, 0.25) is 0 Å². The molecule has 1 aromatic carbocycles. The van der Waals surface area contributed by atoms with Gasteiger partial charge >= 0.3 is 0 Å². The Labute approximate surface area is 148 Å². The zero-order valence-electron chi connectivity index (χ0n) is 14.9. The maximum atomic E-state index is 12.6. The van der Waals surface area contributed by atoms with Gasteiger partial charge in [-0.25, -0.2) is 9.97 Å². The first kappa shape index (κ1) is 17.4. The Morgan fingerprint density at radius 3 is 2.40 bits per heavy atom. The summed E-state index contributed by atoms with van der Waals surface area (Å²) in [7, 11) is 0. The van der Waals surface area contributed by atoms with E-state index in [0.717, 1.165) is 32.7 Å². The van der Waals surface area contributed by atoms with E-state index in [1.165, 1.54) is 5.56 Å². The molecule has 6 heteroatoms. The van der Waals surface area contributed by atoms with Crippen LogP contribution < -0.4 is 5.32 Å². The maximum absolute atomic E-state index is 12.6. The molecule has 0 radical (unpaired) electrons. The highest BCUT2D eigenvalue weighted by molar-refractivity contribution is 5.92. The van der Waals surface area contributed by atoms with Gasteiger partial charge in [0.25, 0.3) is 5.91 Å². The number of benzene rings is 1. The van der Waals surface area contributed by atoms with Crippen molar-refractivity contribution in [1.82, 2.24) is 19.8 Å². The van der Waals surface area contributed by atoms with E-state index in [4.69, 9.17) is 0 Å². The van der Waals surface area contributed by atoms with Crippen molar-refractivity contribution in [1.29, 1.82) is 0 Å². The molecule has 1 saturated heterocycles. The molecule has 0 spiro atoms. The zero-order valence-corrected chi connectivity index (χ0v) is 14.9. The third-order valence-electron chi connectivity index (χ3n) is 4.22. The molecule has 0 saturated carbocycles. The van der Waals surface area contributed by atoms with Crippen LogP contribution >= 0.6 is 0 Å². The summed E-state index contributed by atoms with van der Waals surface area (Å²) in [4.78, 5) is 25.4. The van der Waals surface area contributed by atoms with Crippen LogP contribution in [0.4, 0.5) is 5.82 Å². The lowest BCUT2D eigenvalue weighted by Crippen LogP contribution is -2.48. The Bertz CT molecular complexity index is 679. The predicted molar refractivity (Wildman–Crippen MR) is 98.4 cm³/mol. The lowest BCUT2D eigenvalue weighted by Gasteiger charge is -2.34. The van der Waals surface area contributed by atoms with Gasteiger partial charge in [-0.3, -0.25) is 9.69 Å². The zero-order chi connectivity index (χ0) is 17.6. The lowest BCUT2D eigenvalue weighted by molar-refractivity contribution is 0.0622. The number of carbonyl (C=O) groups excluding carboxylic acids is 1. The summed E-state index contributed by atoms with van der Waals surface area (Å²) in [6.45, 7) is 8.20. The standard InChI is InChI=1S/C19H25N5O/c1-15(2)22-18-13-20-17(12-21-18)19(25)24-10-8-23(9-11-24)14-16-6-4-3-5-7-16/h3-7,12-13,15H,8-11,14H2,1-2H3,(H,21,22). The SMILES string of the molecule is CC(C)Nc1cnc(C(=O)N2CCN(Cc3ccccc3)CC2)cn1. The van der Waals surface area contributed by atoms with E-state index in [1.54, 1.807) is 12.4 Å². The molecule has 1 N–H and O–H groups in total. The van der Waals surface area contributed by atoms with Crippen molar-refractivity contribution in [3.8, 4) is 0 Å². The number of rotatable bonds is 5. The van der Waals surface area contributed by atoms with Crippen molar-refractivity contribution in [2.45, 2.75) is 26.4 Å². The number of carbonyl (C=O) groups is 1. The van der Waals surface area contributed by atoms with Crippen LogP contribution in [0.2, 0.25) is 0 Å². The highest BCUT2D eigenvalue weighted by Gasteiger charge is 2.23. The first-order valence-electron chi connectivity index (χ1n) is 8.76. The predicted octanol–water partition coefficient (Wildman–Crippen LogP) is 2.25. The Kier molecular flexibility index (Phi) is 5.60. The van der Waals surface area contributed by atoms with Crippen LogP contribution in [0.3, 0.4) is 0 Å². The molecule has 0 bridgehead atoms. The molecule has 6 nitrogen and oxygen atoms in total. The van der Waals surface area contributed by atoms with Crippen molar-refractivity contribution in [3.63, 3.8) is 0 Å². The first-order chi connectivity index (χ1) is 12.1. The highest BCUT2D eigenvalue weighted by atomic mass is 16.2. The number of anilines is 1. The van der Waals surface area contributed by atoms with E-state index in [0.29, 0.717) is 11.5 Å². The van der Waals surface area contributed by atoms with Gasteiger partial charge in [0.15, 0.2) is 0 Å². The minimum absolute atomic E-state index is 0.0389. The number of nitrogens with one attached hydrogen (secondary N) is 1. The molecule has 1 fully saturated rings. The second-order valence-corrected chi connectivity index (χ2v) is 6.64. The van der Waals surface area contributed by atoms with Gasteiger partial charge in [0.1, 0.15) is 11.5 Å². The normalized spacial score (nSPS) is 15.4. The van der Waals surface area contributed by atoms with Crippen LogP contribution in [0, 0.1) is 0 Å². The number of amides is 1. The lowest BCUT2D eigenvalue weighted by atomic mass is 10.2. The molecule has 132 valence electrons. The molecule has 1 aliphatic rings. The highest BCUT2D eigenvalue weighted by Crippen LogP contribution is 2.11. The second kappa shape index (κ2) is 8.07. The molecular weight excluding hydrogens is 314 g/mol. The molecule has 1 aromatic heterocycles. The summed E-state index contributed by atoms with van der Waals surface area (Å²) in [6.07, 6.45) is 3.18. The Morgan fingerprint density at radius 1 is 1.08 bits per heavy atom. The topological polar surface area (TPSA) is 61.4 Å². The number of hydrogen-bond donors (Lipinski definition) is 1. The smallest absolute Gasteiger partial charge is 0.274 e. The van der Waals surface area contributed by atoms with Crippen molar-refractivity contribution in [2.75, 3.05) is 31.5 Å². The molecule has 3 rings (SSSR count). The molecule has 2 aromatic rings. The van der Waals surface area contributed by atoms with Crippen molar-refractivity contribution < 1.29 is 4.79 Å². The van der Waals surface area contributed by atoms with Gasteiger partial charge < -0.3 is 10.2 Å². The molecular formula is C19H25N5O. The fourth-order valence-electron chi connectivity index (χ4n) is 2.92. The van der Waals surface area contributed by atoms with Crippen LogP contribution in [0.1, 0.15) is 29.9 Å². The first-order valence-corrected chi connectivity index (χ1v) is 8.76. The Morgan fingerprint density at radius 2 is 1.80 bits per heavy atom. The number of hydrogen-bond acceptors (Lipinski definition) is 5. The summed E-state index contributed by atoms with van der Waals surface area (Å²) in [5.41, 5.74) is 1.71. The summed E-state index contributed by atoms with van der Waals surface area (Å²) in [5, 5.41) is 3.17. The average molecular weight is 339 g/mol. The van der Waals surface area contributed by atoms with E-state index >= 15 is 0 Å².